The molecule has 1 aromatic heterocycles. The van der Waals surface area contributed by atoms with Gasteiger partial charge in [-0.3, -0.25) is 9.59 Å². The molecule has 5 nitrogen and oxygen atoms in total. The minimum atomic E-state index is -4.63. The summed E-state index contributed by atoms with van der Waals surface area (Å²) in [5.41, 5.74) is -1.55. The molecule has 26 heavy (non-hydrogen) atoms. The Morgan fingerprint density at radius 2 is 1.77 bits per heavy atom. The van der Waals surface area contributed by atoms with Crippen molar-refractivity contribution in [3.05, 3.63) is 35.8 Å². The van der Waals surface area contributed by atoms with Crippen molar-refractivity contribution in [3.8, 4) is 0 Å². The van der Waals surface area contributed by atoms with Crippen molar-refractivity contribution in [2.75, 3.05) is 26.2 Å². The van der Waals surface area contributed by atoms with E-state index >= 15 is 0 Å². The first-order chi connectivity index (χ1) is 12.2. The van der Waals surface area contributed by atoms with Gasteiger partial charge in [0, 0.05) is 26.2 Å². The number of furan rings is 1. The van der Waals surface area contributed by atoms with Crippen molar-refractivity contribution in [3.63, 3.8) is 0 Å². The van der Waals surface area contributed by atoms with Gasteiger partial charge in [0.15, 0.2) is 0 Å². The molecular formula is C18H21F3N2O3. The molecule has 0 unspecified atom stereocenters. The predicted molar refractivity (Wildman–Crippen MR) is 87.4 cm³/mol. The van der Waals surface area contributed by atoms with Crippen molar-refractivity contribution in [1.29, 1.82) is 0 Å². The van der Waals surface area contributed by atoms with E-state index in [1.165, 1.54) is 17.9 Å². The van der Waals surface area contributed by atoms with E-state index < -0.39 is 23.2 Å². The Balaban J connectivity index is 1.72. The lowest BCUT2D eigenvalue weighted by molar-refractivity contribution is -0.138. The van der Waals surface area contributed by atoms with Crippen LogP contribution < -0.4 is 0 Å². The second-order valence-corrected chi connectivity index (χ2v) is 7.08. The second kappa shape index (κ2) is 6.48. The third-order valence-corrected chi connectivity index (χ3v) is 5.53. The predicted octanol–water partition coefficient (Wildman–Crippen LogP) is 3.25. The smallest absolute Gasteiger partial charge is 0.420 e. The van der Waals surface area contributed by atoms with E-state index in [9.17, 15) is 22.8 Å². The Morgan fingerprint density at radius 3 is 2.31 bits per heavy atom. The number of hydrogen-bond acceptors (Lipinski definition) is 3. The van der Waals surface area contributed by atoms with Crippen molar-refractivity contribution >= 4 is 11.8 Å². The van der Waals surface area contributed by atoms with Gasteiger partial charge in [0.25, 0.3) is 5.91 Å². The highest BCUT2D eigenvalue weighted by Gasteiger charge is 2.45. The molecule has 3 heterocycles. The van der Waals surface area contributed by atoms with Gasteiger partial charge in [-0.25, -0.2) is 0 Å². The molecule has 0 N–H and O–H groups in total. The lowest BCUT2D eigenvalue weighted by Crippen LogP contribution is -2.44. The summed E-state index contributed by atoms with van der Waals surface area (Å²) in [4.78, 5) is 27.6. The summed E-state index contributed by atoms with van der Waals surface area (Å²) in [5, 5.41) is 0. The van der Waals surface area contributed by atoms with E-state index in [1.54, 1.807) is 4.90 Å². The Kier molecular flexibility index (Phi) is 4.62. The van der Waals surface area contributed by atoms with Crippen LogP contribution in [0, 0.1) is 12.3 Å². The molecule has 2 fully saturated rings. The maximum atomic E-state index is 13.1. The number of nitrogens with zero attached hydrogens (tertiary/aromatic N) is 2. The van der Waals surface area contributed by atoms with E-state index in [-0.39, 0.29) is 17.1 Å². The average molecular weight is 370 g/mol. The molecule has 2 saturated heterocycles. The van der Waals surface area contributed by atoms with Gasteiger partial charge in [-0.15, -0.1) is 0 Å². The van der Waals surface area contributed by atoms with Gasteiger partial charge in [-0.05, 0) is 37.7 Å². The molecule has 142 valence electrons. The summed E-state index contributed by atoms with van der Waals surface area (Å²) in [7, 11) is 0. The van der Waals surface area contributed by atoms with E-state index in [1.807, 2.05) is 0 Å². The second-order valence-electron chi connectivity index (χ2n) is 7.08. The van der Waals surface area contributed by atoms with Crippen LogP contribution in [0.5, 0.6) is 0 Å². The van der Waals surface area contributed by atoms with Crippen LogP contribution in [0.3, 0.4) is 0 Å². The number of carbonyl (C=O) groups is 2. The van der Waals surface area contributed by atoms with Crippen LogP contribution in [0.4, 0.5) is 13.2 Å². The van der Waals surface area contributed by atoms with Crippen molar-refractivity contribution < 1.29 is 27.2 Å². The maximum absolute atomic E-state index is 13.1. The van der Waals surface area contributed by atoms with Crippen LogP contribution in [0.1, 0.15) is 40.9 Å². The fourth-order valence-corrected chi connectivity index (χ4v) is 3.93. The first-order valence-electron chi connectivity index (χ1n) is 8.53. The highest BCUT2D eigenvalue weighted by molar-refractivity contribution is 5.97. The van der Waals surface area contributed by atoms with Crippen molar-refractivity contribution in [2.24, 2.45) is 5.41 Å². The van der Waals surface area contributed by atoms with Crippen LogP contribution in [-0.4, -0.2) is 47.8 Å². The summed E-state index contributed by atoms with van der Waals surface area (Å²) in [5.74, 6) is -0.769. The van der Waals surface area contributed by atoms with Gasteiger partial charge in [0.05, 0.1) is 5.56 Å². The minimum absolute atomic E-state index is 0.0188. The van der Waals surface area contributed by atoms with Gasteiger partial charge in [-0.1, -0.05) is 6.58 Å². The Labute approximate surface area is 149 Å². The summed E-state index contributed by atoms with van der Waals surface area (Å²) in [6.07, 6.45) is -0.556. The minimum Gasteiger partial charge on any atom is -0.468 e. The largest absolute Gasteiger partial charge is 0.468 e. The molecule has 0 radical (unpaired) electrons. The molecule has 0 bridgehead atoms. The number of carbonyl (C=O) groups excluding carboxylic acids is 2. The fourth-order valence-electron chi connectivity index (χ4n) is 3.93. The zero-order chi connectivity index (χ0) is 19.1. The zero-order valence-corrected chi connectivity index (χ0v) is 14.6. The summed E-state index contributed by atoms with van der Waals surface area (Å²) >= 11 is 0. The first kappa shape index (κ1) is 18.5. The maximum Gasteiger partial charge on any atom is 0.420 e. The fraction of sp³-hybridized carbons (Fsp3) is 0.556. The third-order valence-electron chi connectivity index (χ3n) is 5.53. The Bertz CT molecular complexity index is 731. The molecule has 1 aromatic rings. The number of rotatable bonds is 2. The Hall–Kier alpha value is -2.25. The monoisotopic (exact) mass is 370 g/mol. The van der Waals surface area contributed by atoms with Gasteiger partial charge in [0.2, 0.25) is 5.91 Å². The summed E-state index contributed by atoms with van der Waals surface area (Å²) in [6.45, 7) is 6.82. The number of piperidine rings is 1. The highest BCUT2D eigenvalue weighted by Crippen LogP contribution is 2.42. The first-order valence-corrected chi connectivity index (χ1v) is 8.53. The van der Waals surface area contributed by atoms with Gasteiger partial charge in [0.1, 0.15) is 17.6 Å². The molecular weight excluding hydrogens is 349 g/mol. The zero-order valence-electron chi connectivity index (χ0n) is 14.6. The number of aryl methyl sites for hydroxylation is 1. The number of amides is 2. The number of halogens is 3. The molecule has 3 rings (SSSR count). The van der Waals surface area contributed by atoms with Crippen molar-refractivity contribution in [1.82, 2.24) is 9.80 Å². The molecule has 0 aromatic carbocycles. The van der Waals surface area contributed by atoms with Crippen LogP contribution in [0.25, 0.3) is 0 Å². The van der Waals surface area contributed by atoms with E-state index in [2.05, 4.69) is 6.58 Å². The van der Waals surface area contributed by atoms with Crippen LogP contribution >= 0.6 is 0 Å². The lowest BCUT2D eigenvalue weighted by Gasteiger charge is -2.38. The van der Waals surface area contributed by atoms with Gasteiger partial charge < -0.3 is 14.2 Å². The lowest BCUT2D eigenvalue weighted by atomic mass is 9.78. The molecule has 2 aliphatic rings. The molecule has 0 atom stereocenters. The summed E-state index contributed by atoms with van der Waals surface area (Å²) in [6, 6.07) is 0. The topological polar surface area (TPSA) is 53.8 Å². The van der Waals surface area contributed by atoms with Crippen LogP contribution in [0.2, 0.25) is 0 Å². The number of hydrogen-bond donors (Lipinski definition) is 0. The van der Waals surface area contributed by atoms with Crippen LogP contribution in [-0.2, 0) is 11.0 Å². The highest BCUT2D eigenvalue weighted by atomic mass is 19.4. The van der Waals surface area contributed by atoms with Crippen molar-refractivity contribution in [2.45, 2.75) is 32.4 Å². The standard InChI is InChI=1S/C18H21F3N2O3/c1-3-14(24)22-7-4-17(5-8-22)6-9-23(11-17)16(25)15-12(2)26-10-13(15)18(19,20)21/h3,10H,1,4-9,11H2,2H3. The molecule has 2 aliphatic heterocycles. The average Bonchev–Trinajstić information content (AvgIpc) is 3.18. The van der Waals surface area contributed by atoms with E-state index in [0.29, 0.717) is 32.4 Å². The normalized spacial score (nSPS) is 19.8. The SMILES string of the molecule is C=CC(=O)N1CCC2(CC1)CCN(C(=O)c1c(C(F)(F)F)coc1C)C2. The molecule has 2 amide bonds. The van der Waals surface area contributed by atoms with E-state index in [0.717, 1.165) is 19.3 Å². The molecule has 0 saturated carbocycles. The third kappa shape index (κ3) is 3.24. The Morgan fingerprint density at radius 1 is 1.19 bits per heavy atom. The quantitative estimate of drug-likeness (QED) is 0.751. The molecule has 1 spiro atoms. The summed E-state index contributed by atoms with van der Waals surface area (Å²) < 4.78 is 44.3. The van der Waals surface area contributed by atoms with E-state index in [4.69, 9.17) is 4.42 Å². The van der Waals surface area contributed by atoms with Gasteiger partial charge in [-0.2, -0.15) is 13.2 Å². The number of alkyl halides is 3. The molecule has 8 heteroatoms. The van der Waals surface area contributed by atoms with Gasteiger partial charge >= 0.3 is 6.18 Å². The number of likely N-dealkylation sites (tertiary alicyclic amines) is 2. The van der Waals surface area contributed by atoms with Crippen LogP contribution in [0.15, 0.2) is 23.3 Å². The molecule has 0 aliphatic carbocycles.